The van der Waals surface area contributed by atoms with Crippen LogP contribution in [0.25, 0.3) is 0 Å². The van der Waals surface area contributed by atoms with Gasteiger partial charge < -0.3 is 4.90 Å². The van der Waals surface area contributed by atoms with Crippen LogP contribution in [0.1, 0.15) is 32.3 Å². The van der Waals surface area contributed by atoms with Crippen molar-refractivity contribution in [3.8, 4) is 6.07 Å². The average Bonchev–Trinajstić information content (AvgIpc) is 2.30. The average molecular weight is 307 g/mol. The summed E-state index contributed by atoms with van der Waals surface area (Å²) < 4.78 is 1.12. The number of nitriles is 1. The molecule has 1 atom stereocenters. The van der Waals surface area contributed by atoms with Crippen molar-refractivity contribution in [2.75, 3.05) is 11.4 Å². The van der Waals surface area contributed by atoms with Crippen molar-refractivity contribution in [3.05, 3.63) is 28.2 Å². The summed E-state index contributed by atoms with van der Waals surface area (Å²) in [6.07, 6.45) is 2.06. The zero-order valence-corrected chi connectivity index (χ0v) is 12.8. The van der Waals surface area contributed by atoms with Crippen LogP contribution in [0, 0.1) is 24.2 Å². The fourth-order valence-corrected chi connectivity index (χ4v) is 3.29. The molecule has 1 heterocycles. The zero-order chi connectivity index (χ0) is 13.3. The van der Waals surface area contributed by atoms with E-state index in [1.165, 1.54) is 11.3 Å². The van der Waals surface area contributed by atoms with Crippen LogP contribution >= 0.6 is 15.9 Å². The van der Waals surface area contributed by atoms with E-state index in [1.807, 2.05) is 0 Å². The van der Waals surface area contributed by atoms with Gasteiger partial charge in [0.15, 0.2) is 0 Å². The van der Waals surface area contributed by atoms with E-state index in [0.29, 0.717) is 0 Å². The molecular weight excluding hydrogens is 288 g/mol. The molecule has 0 aromatic heterocycles. The lowest BCUT2D eigenvalue weighted by molar-refractivity contribution is 0.325. The highest BCUT2D eigenvalue weighted by Crippen LogP contribution is 2.38. The van der Waals surface area contributed by atoms with Crippen LogP contribution in [0.4, 0.5) is 5.69 Å². The molecule has 2 rings (SSSR count). The molecule has 1 aromatic rings. The monoisotopic (exact) mass is 306 g/mol. The van der Waals surface area contributed by atoms with Gasteiger partial charge in [0.25, 0.3) is 0 Å². The van der Waals surface area contributed by atoms with Gasteiger partial charge in [-0.05, 0) is 67.2 Å². The number of halogens is 1. The normalized spacial score (nSPS) is 22.6. The maximum Gasteiger partial charge on any atom is 0.0674 e. The van der Waals surface area contributed by atoms with E-state index in [-0.39, 0.29) is 11.5 Å². The van der Waals surface area contributed by atoms with E-state index in [1.54, 1.807) is 0 Å². The minimum absolute atomic E-state index is 0.116. The summed E-state index contributed by atoms with van der Waals surface area (Å²) in [6, 6.07) is 8.84. The highest BCUT2D eigenvalue weighted by Gasteiger charge is 2.35. The molecular formula is C15H19BrN2. The van der Waals surface area contributed by atoms with Gasteiger partial charge in [-0.25, -0.2) is 0 Å². The number of anilines is 1. The molecule has 1 aliphatic heterocycles. The van der Waals surface area contributed by atoms with Crippen molar-refractivity contribution in [2.24, 2.45) is 5.92 Å². The van der Waals surface area contributed by atoms with E-state index >= 15 is 0 Å². The molecule has 96 valence electrons. The molecule has 1 saturated heterocycles. The fourth-order valence-electron chi connectivity index (χ4n) is 2.58. The number of aryl methyl sites for hydroxylation is 1. The van der Waals surface area contributed by atoms with Crippen molar-refractivity contribution in [1.29, 1.82) is 5.26 Å². The number of nitrogens with zero attached hydrogens (tertiary/aromatic N) is 2. The van der Waals surface area contributed by atoms with Crippen LogP contribution in [0.3, 0.4) is 0 Å². The second-order valence-corrected chi connectivity index (χ2v) is 6.60. The summed E-state index contributed by atoms with van der Waals surface area (Å²) in [4.78, 5) is 2.37. The summed E-state index contributed by atoms with van der Waals surface area (Å²) in [7, 11) is 0. The SMILES string of the molecule is Cc1ccc(N2CC(C#N)CCC2(C)C)c(Br)c1. The van der Waals surface area contributed by atoms with Crippen molar-refractivity contribution in [2.45, 2.75) is 39.2 Å². The predicted molar refractivity (Wildman–Crippen MR) is 78.6 cm³/mol. The maximum atomic E-state index is 9.15. The minimum Gasteiger partial charge on any atom is -0.364 e. The molecule has 0 saturated carbocycles. The molecule has 1 fully saturated rings. The Bertz CT molecular complexity index is 488. The molecule has 0 aliphatic carbocycles. The largest absolute Gasteiger partial charge is 0.364 e. The molecule has 0 radical (unpaired) electrons. The quantitative estimate of drug-likeness (QED) is 0.774. The third kappa shape index (κ3) is 2.54. The Morgan fingerprint density at radius 3 is 2.78 bits per heavy atom. The molecule has 1 aliphatic rings. The number of hydrogen-bond acceptors (Lipinski definition) is 2. The Labute approximate surface area is 118 Å². The topological polar surface area (TPSA) is 27.0 Å². The van der Waals surface area contributed by atoms with Gasteiger partial charge in [0.1, 0.15) is 0 Å². The van der Waals surface area contributed by atoms with Gasteiger partial charge in [0.05, 0.1) is 17.7 Å². The molecule has 18 heavy (non-hydrogen) atoms. The molecule has 0 amide bonds. The summed E-state index contributed by atoms with van der Waals surface area (Å²) in [5.74, 6) is 0.145. The number of rotatable bonds is 1. The standard InChI is InChI=1S/C15H19BrN2/c1-11-4-5-14(13(16)8-11)18-10-12(9-17)6-7-15(18,2)3/h4-5,8,12H,6-7,10H2,1-3H3. The Morgan fingerprint density at radius 2 is 2.17 bits per heavy atom. The fraction of sp³-hybridized carbons (Fsp3) is 0.533. The van der Waals surface area contributed by atoms with Gasteiger partial charge in [0, 0.05) is 16.6 Å². The third-order valence-electron chi connectivity index (χ3n) is 3.81. The molecule has 1 aromatic carbocycles. The second-order valence-electron chi connectivity index (χ2n) is 5.74. The molecule has 1 unspecified atom stereocenters. The van der Waals surface area contributed by atoms with Gasteiger partial charge in [-0.1, -0.05) is 6.07 Å². The Balaban J connectivity index is 2.37. The number of piperidine rings is 1. The maximum absolute atomic E-state index is 9.15. The van der Waals surface area contributed by atoms with E-state index in [9.17, 15) is 0 Å². The summed E-state index contributed by atoms with van der Waals surface area (Å²) in [5, 5.41) is 9.15. The van der Waals surface area contributed by atoms with E-state index in [2.05, 4.69) is 65.9 Å². The Hall–Kier alpha value is -1.01. The smallest absolute Gasteiger partial charge is 0.0674 e. The lowest BCUT2D eigenvalue weighted by Crippen LogP contribution is -2.50. The van der Waals surface area contributed by atoms with E-state index in [4.69, 9.17) is 5.26 Å². The van der Waals surface area contributed by atoms with Crippen LogP contribution < -0.4 is 4.90 Å². The van der Waals surface area contributed by atoms with Gasteiger partial charge in [-0.2, -0.15) is 5.26 Å². The first-order valence-electron chi connectivity index (χ1n) is 6.37. The van der Waals surface area contributed by atoms with Crippen LogP contribution in [0.2, 0.25) is 0 Å². The third-order valence-corrected chi connectivity index (χ3v) is 4.45. The van der Waals surface area contributed by atoms with Crippen LogP contribution in [0.5, 0.6) is 0 Å². The molecule has 0 bridgehead atoms. The minimum atomic E-state index is 0.116. The van der Waals surface area contributed by atoms with Gasteiger partial charge in [0.2, 0.25) is 0 Å². The second kappa shape index (κ2) is 4.93. The van der Waals surface area contributed by atoms with Crippen molar-refractivity contribution >= 4 is 21.6 Å². The Morgan fingerprint density at radius 1 is 1.44 bits per heavy atom. The van der Waals surface area contributed by atoms with E-state index in [0.717, 1.165) is 23.9 Å². The highest BCUT2D eigenvalue weighted by atomic mass is 79.9. The van der Waals surface area contributed by atoms with Crippen LogP contribution in [-0.2, 0) is 0 Å². The van der Waals surface area contributed by atoms with Gasteiger partial charge in [-0.3, -0.25) is 0 Å². The number of benzene rings is 1. The van der Waals surface area contributed by atoms with Gasteiger partial charge in [-0.15, -0.1) is 0 Å². The highest BCUT2D eigenvalue weighted by molar-refractivity contribution is 9.10. The summed E-state index contributed by atoms with van der Waals surface area (Å²) in [5.41, 5.74) is 2.56. The first kappa shape index (κ1) is 13.4. The van der Waals surface area contributed by atoms with Crippen molar-refractivity contribution in [1.82, 2.24) is 0 Å². The van der Waals surface area contributed by atoms with E-state index < -0.39 is 0 Å². The lowest BCUT2D eigenvalue weighted by Gasteiger charge is -2.46. The van der Waals surface area contributed by atoms with Crippen molar-refractivity contribution in [3.63, 3.8) is 0 Å². The zero-order valence-electron chi connectivity index (χ0n) is 11.2. The van der Waals surface area contributed by atoms with Crippen LogP contribution in [-0.4, -0.2) is 12.1 Å². The first-order valence-corrected chi connectivity index (χ1v) is 7.17. The number of hydrogen-bond donors (Lipinski definition) is 0. The molecule has 3 heteroatoms. The van der Waals surface area contributed by atoms with Crippen molar-refractivity contribution < 1.29 is 0 Å². The molecule has 0 N–H and O–H groups in total. The molecule has 0 spiro atoms. The lowest BCUT2D eigenvalue weighted by atomic mass is 9.85. The predicted octanol–water partition coefficient (Wildman–Crippen LogP) is 4.28. The van der Waals surface area contributed by atoms with Crippen LogP contribution in [0.15, 0.2) is 22.7 Å². The first-order chi connectivity index (χ1) is 8.44. The Kier molecular flexibility index (Phi) is 3.68. The summed E-state index contributed by atoms with van der Waals surface area (Å²) >= 11 is 3.65. The summed E-state index contributed by atoms with van der Waals surface area (Å²) in [6.45, 7) is 7.43. The van der Waals surface area contributed by atoms with Gasteiger partial charge >= 0.3 is 0 Å². The molecule has 2 nitrogen and oxygen atoms in total.